The lowest BCUT2D eigenvalue weighted by atomic mass is 9.75. The van der Waals surface area contributed by atoms with Gasteiger partial charge in [0, 0.05) is 11.3 Å². The lowest BCUT2D eigenvalue weighted by Crippen LogP contribution is -2.46. The smallest absolute Gasteiger partial charge is 0.313 e. The van der Waals surface area contributed by atoms with Crippen LogP contribution in [0, 0.1) is 35.3 Å². The Kier molecular flexibility index (Phi) is 8.56. The quantitative estimate of drug-likeness (QED) is 0.474. The van der Waals surface area contributed by atoms with E-state index in [-0.39, 0.29) is 30.7 Å². The highest BCUT2D eigenvalue weighted by molar-refractivity contribution is 5.83. The van der Waals surface area contributed by atoms with E-state index in [1.54, 1.807) is 0 Å². The molecule has 8 heteroatoms. The molecule has 164 valence electrons. The van der Waals surface area contributed by atoms with E-state index in [4.69, 9.17) is 15.2 Å². The van der Waals surface area contributed by atoms with Gasteiger partial charge in [0.25, 0.3) is 0 Å². The molecule has 1 aromatic rings. The Bertz CT molecular complexity index is 734. The second-order valence-electron chi connectivity index (χ2n) is 8.29. The monoisotopic (exact) mass is 415 g/mol. The fourth-order valence-corrected chi connectivity index (χ4v) is 3.01. The molecule has 6 nitrogen and oxygen atoms in total. The SMILES string of the molecule is CC(C)COC(=O)C(C)C(C(=O)OCC(C)C)C(C)(O)c1c(N)ccc(F)c1F. The first-order valence-electron chi connectivity index (χ1n) is 9.60. The number of hydrogen-bond donors (Lipinski definition) is 2. The van der Waals surface area contributed by atoms with Gasteiger partial charge in [0.1, 0.15) is 11.5 Å². The second-order valence-corrected chi connectivity index (χ2v) is 8.29. The van der Waals surface area contributed by atoms with Crippen molar-refractivity contribution in [3.63, 3.8) is 0 Å². The first-order chi connectivity index (χ1) is 13.3. The van der Waals surface area contributed by atoms with Crippen LogP contribution < -0.4 is 5.73 Å². The number of carbonyl (C=O) groups is 2. The van der Waals surface area contributed by atoms with Crippen LogP contribution in [0.4, 0.5) is 14.5 Å². The standard InChI is InChI=1S/C21H31F2NO5/c1-11(2)9-28-19(25)13(5)16(20(26)29-10-12(3)4)21(6,27)17-15(24)8-7-14(22)18(17)23/h7-8,11-13,16,27H,9-10,24H2,1-6H3. The number of nitrogen functional groups attached to an aromatic ring is 1. The van der Waals surface area contributed by atoms with Crippen molar-refractivity contribution in [2.45, 2.75) is 47.1 Å². The Hall–Kier alpha value is -2.22. The van der Waals surface area contributed by atoms with Crippen LogP contribution in [0.3, 0.4) is 0 Å². The van der Waals surface area contributed by atoms with Crippen LogP contribution >= 0.6 is 0 Å². The number of rotatable bonds is 9. The molecule has 3 atom stereocenters. The zero-order chi connectivity index (χ0) is 22.5. The maximum atomic E-state index is 14.5. The van der Waals surface area contributed by atoms with E-state index in [0.29, 0.717) is 0 Å². The minimum Gasteiger partial charge on any atom is -0.465 e. The summed E-state index contributed by atoms with van der Waals surface area (Å²) in [5, 5.41) is 11.2. The summed E-state index contributed by atoms with van der Waals surface area (Å²) in [6.07, 6.45) is 0. The molecule has 0 amide bonds. The van der Waals surface area contributed by atoms with Gasteiger partial charge in [-0.2, -0.15) is 0 Å². The largest absolute Gasteiger partial charge is 0.465 e. The molecule has 0 fully saturated rings. The number of hydrogen-bond acceptors (Lipinski definition) is 6. The Morgan fingerprint density at radius 1 is 1.03 bits per heavy atom. The molecule has 1 aromatic carbocycles. The summed E-state index contributed by atoms with van der Waals surface area (Å²) < 4.78 is 38.8. The van der Waals surface area contributed by atoms with E-state index in [0.717, 1.165) is 19.1 Å². The number of carbonyl (C=O) groups excluding carboxylic acids is 2. The molecule has 0 heterocycles. The Labute approximate surface area is 170 Å². The normalized spacial score (nSPS) is 15.7. The average molecular weight is 415 g/mol. The third-order valence-electron chi connectivity index (χ3n) is 4.48. The molecule has 29 heavy (non-hydrogen) atoms. The van der Waals surface area contributed by atoms with Crippen LogP contribution in [0.2, 0.25) is 0 Å². The maximum Gasteiger partial charge on any atom is 0.313 e. The van der Waals surface area contributed by atoms with E-state index in [1.807, 2.05) is 27.7 Å². The molecule has 3 N–H and O–H groups in total. The number of esters is 2. The zero-order valence-electron chi connectivity index (χ0n) is 17.8. The molecule has 0 spiro atoms. The van der Waals surface area contributed by atoms with Gasteiger partial charge in [-0.25, -0.2) is 8.78 Å². The Balaban J connectivity index is 3.40. The average Bonchev–Trinajstić information content (AvgIpc) is 2.60. The molecule has 0 saturated carbocycles. The van der Waals surface area contributed by atoms with Crippen molar-refractivity contribution in [1.29, 1.82) is 0 Å². The molecule has 0 radical (unpaired) electrons. The lowest BCUT2D eigenvalue weighted by molar-refractivity contribution is -0.173. The molecule has 0 aliphatic heterocycles. The van der Waals surface area contributed by atoms with Gasteiger partial charge in [-0.05, 0) is 30.9 Å². The van der Waals surface area contributed by atoms with Gasteiger partial charge < -0.3 is 20.3 Å². The lowest BCUT2D eigenvalue weighted by Gasteiger charge is -2.35. The number of halogens is 2. The van der Waals surface area contributed by atoms with Crippen LogP contribution in [0.15, 0.2) is 12.1 Å². The Morgan fingerprint density at radius 3 is 2.00 bits per heavy atom. The van der Waals surface area contributed by atoms with Crippen molar-refractivity contribution in [1.82, 2.24) is 0 Å². The predicted molar refractivity (Wildman–Crippen MR) is 105 cm³/mol. The van der Waals surface area contributed by atoms with Crippen molar-refractivity contribution in [3.05, 3.63) is 29.3 Å². The van der Waals surface area contributed by atoms with Crippen LogP contribution in [0.1, 0.15) is 47.1 Å². The Morgan fingerprint density at radius 2 is 1.52 bits per heavy atom. The molecule has 3 unspecified atom stereocenters. The third kappa shape index (κ3) is 6.13. The molecule has 0 bridgehead atoms. The number of aliphatic hydroxyl groups is 1. The van der Waals surface area contributed by atoms with Gasteiger partial charge >= 0.3 is 11.9 Å². The van der Waals surface area contributed by atoms with Crippen LogP contribution in [0.5, 0.6) is 0 Å². The van der Waals surface area contributed by atoms with Gasteiger partial charge in [-0.15, -0.1) is 0 Å². The van der Waals surface area contributed by atoms with Crippen molar-refractivity contribution in [2.24, 2.45) is 23.7 Å². The number of ether oxygens (including phenoxy) is 2. The first kappa shape index (κ1) is 24.8. The maximum absolute atomic E-state index is 14.5. The van der Waals surface area contributed by atoms with Gasteiger partial charge in [-0.1, -0.05) is 34.6 Å². The molecule has 0 aliphatic carbocycles. The van der Waals surface area contributed by atoms with Gasteiger partial charge in [0.2, 0.25) is 0 Å². The fourth-order valence-electron chi connectivity index (χ4n) is 3.01. The van der Waals surface area contributed by atoms with Gasteiger partial charge in [-0.3, -0.25) is 9.59 Å². The van der Waals surface area contributed by atoms with E-state index in [1.165, 1.54) is 6.92 Å². The summed E-state index contributed by atoms with van der Waals surface area (Å²) in [7, 11) is 0. The van der Waals surface area contributed by atoms with Crippen molar-refractivity contribution in [2.75, 3.05) is 18.9 Å². The highest BCUT2D eigenvalue weighted by atomic mass is 19.2. The summed E-state index contributed by atoms with van der Waals surface area (Å²) in [6, 6.07) is 1.90. The third-order valence-corrected chi connectivity index (χ3v) is 4.48. The zero-order valence-corrected chi connectivity index (χ0v) is 17.8. The minimum absolute atomic E-state index is 0.0104. The second kappa shape index (κ2) is 10.0. The molecule has 0 saturated heterocycles. The van der Waals surface area contributed by atoms with Crippen molar-refractivity contribution >= 4 is 17.6 Å². The summed E-state index contributed by atoms with van der Waals surface area (Å²) in [6.45, 7) is 9.91. The van der Waals surface area contributed by atoms with Gasteiger partial charge in [0.15, 0.2) is 11.6 Å². The van der Waals surface area contributed by atoms with Crippen LogP contribution in [0.25, 0.3) is 0 Å². The highest BCUT2D eigenvalue weighted by Gasteiger charge is 2.49. The summed E-state index contributed by atoms with van der Waals surface area (Å²) in [5.41, 5.74) is 2.59. The van der Waals surface area contributed by atoms with Crippen molar-refractivity contribution in [3.8, 4) is 0 Å². The summed E-state index contributed by atoms with van der Waals surface area (Å²) in [4.78, 5) is 25.3. The van der Waals surface area contributed by atoms with Crippen LogP contribution in [-0.2, 0) is 24.7 Å². The van der Waals surface area contributed by atoms with Gasteiger partial charge in [0.05, 0.1) is 19.1 Å². The fraction of sp³-hybridized carbons (Fsp3) is 0.619. The number of benzene rings is 1. The first-order valence-corrected chi connectivity index (χ1v) is 9.60. The summed E-state index contributed by atoms with van der Waals surface area (Å²) in [5.74, 6) is -7.05. The molecular weight excluding hydrogens is 384 g/mol. The highest BCUT2D eigenvalue weighted by Crippen LogP contribution is 2.40. The van der Waals surface area contributed by atoms with Crippen LogP contribution in [-0.4, -0.2) is 30.3 Å². The van der Waals surface area contributed by atoms with E-state index in [2.05, 4.69) is 0 Å². The van der Waals surface area contributed by atoms with E-state index >= 15 is 0 Å². The topological polar surface area (TPSA) is 98.9 Å². The number of anilines is 1. The predicted octanol–water partition coefficient (Wildman–Crippen LogP) is 3.41. The molecule has 0 aromatic heterocycles. The molecule has 1 rings (SSSR count). The van der Waals surface area contributed by atoms with E-state index in [9.17, 15) is 23.5 Å². The van der Waals surface area contributed by atoms with Crippen molar-refractivity contribution < 1.29 is 33.0 Å². The number of nitrogens with two attached hydrogens (primary N) is 1. The molecule has 0 aliphatic rings. The minimum atomic E-state index is -2.33. The molecular formula is C21H31F2NO5. The van der Waals surface area contributed by atoms with E-state index < -0.39 is 46.6 Å². The summed E-state index contributed by atoms with van der Waals surface area (Å²) >= 11 is 0.